The molecule has 0 aliphatic carbocycles. The summed E-state index contributed by atoms with van der Waals surface area (Å²) in [5.41, 5.74) is 2.85. The van der Waals surface area contributed by atoms with Gasteiger partial charge in [-0.2, -0.15) is 5.10 Å². The van der Waals surface area contributed by atoms with E-state index in [2.05, 4.69) is 20.8 Å². The lowest BCUT2D eigenvalue weighted by Gasteiger charge is -2.11. The maximum atomic E-state index is 12.1. The van der Waals surface area contributed by atoms with Gasteiger partial charge >= 0.3 is 0 Å². The molecule has 1 unspecified atom stereocenters. The molecule has 1 amide bonds. The number of aryl methyl sites for hydroxylation is 1. The highest BCUT2D eigenvalue weighted by Crippen LogP contribution is 2.26. The highest BCUT2D eigenvalue weighted by molar-refractivity contribution is 5.91. The van der Waals surface area contributed by atoms with Crippen molar-refractivity contribution in [2.45, 2.75) is 25.7 Å². The summed E-state index contributed by atoms with van der Waals surface area (Å²) in [6, 6.07) is 7.79. The molecular weight excluding hydrogens is 292 g/mol. The van der Waals surface area contributed by atoms with Crippen LogP contribution in [0.1, 0.15) is 30.0 Å². The Labute approximate surface area is 135 Å². The molecule has 1 saturated heterocycles. The van der Waals surface area contributed by atoms with E-state index in [4.69, 9.17) is 4.74 Å². The zero-order valence-corrected chi connectivity index (χ0v) is 13.3. The van der Waals surface area contributed by atoms with E-state index in [0.29, 0.717) is 18.9 Å². The van der Waals surface area contributed by atoms with Crippen LogP contribution in [0.4, 0.5) is 5.69 Å². The Morgan fingerprint density at radius 2 is 2.30 bits per heavy atom. The van der Waals surface area contributed by atoms with Gasteiger partial charge in [-0.05, 0) is 31.5 Å². The Kier molecular flexibility index (Phi) is 4.92. The SMILES string of the molecule is Cc1ccccc1OCCC(=O)Nc1cn[nH]c1C1CCNC1. The van der Waals surface area contributed by atoms with Crippen molar-refractivity contribution in [3.8, 4) is 5.75 Å². The summed E-state index contributed by atoms with van der Waals surface area (Å²) in [6.45, 7) is 4.26. The molecule has 3 rings (SSSR count). The van der Waals surface area contributed by atoms with Gasteiger partial charge < -0.3 is 15.4 Å². The van der Waals surface area contributed by atoms with Gasteiger partial charge in [0.25, 0.3) is 0 Å². The first kappa shape index (κ1) is 15.6. The fourth-order valence-electron chi connectivity index (χ4n) is 2.79. The Bertz CT molecular complexity index is 662. The van der Waals surface area contributed by atoms with E-state index in [9.17, 15) is 4.79 Å². The summed E-state index contributed by atoms with van der Waals surface area (Å²) in [4.78, 5) is 12.1. The Balaban J connectivity index is 1.50. The number of anilines is 1. The van der Waals surface area contributed by atoms with Gasteiger partial charge in [0.2, 0.25) is 5.91 Å². The van der Waals surface area contributed by atoms with E-state index in [1.807, 2.05) is 31.2 Å². The number of ether oxygens (including phenoxy) is 1. The van der Waals surface area contributed by atoms with Gasteiger partial charge in [0.15, 0.2) is 0 Å². The van der Waals surface area contributed by atoms with Gasteiger partial charge in [-0.1, -0.05) is 18.2 Å². The van der Waals surface area contributed by atoms with Gasteiger partial charge in [-0.3, -0.25) is 9.89 Å². The number of hydrogen-bond donors (Lipinski definition) is 3. The number of benzene rings is 1. The first-order chi connectivity index (χ1) is 11.2. The molecule has 6 heteroatoms. The van der Waals surface area contributed by atoms with Gasteiger partial charge in [0, 0.05) is 12.5 Å². The fourth-order valence-corrected chi connectivity index (χ4v) is 2.79. The molecular formula is C17H22N4O2. The van der Waals surface area contributed by atoms with Crippen LogP contribution in [0.3, 0.4) is 0 Å². The zero-order chi connectivity index (χ0) is 16.1. The lowest BCUT2D eigenvalue weighted by Crippen LogP contribution is -2.17. The van der Waals surface area contributed by atoms with E-state index in [1.165, 1.54) is 0 Å². The summed E-state index contributed by atoms with van der Waals surface area (Å²) in [5, 5.41) is 13.3. The molecule has 0 saturated carbocycles. The normalized spacial score (nSPS) is 17.2. The summed E-state index contributed by atoms with van der Waals surface area (Å²) < 4.78 is 5.66. The highest BCUT2D eigenvalue weighted by atomic mass is 16.5. The standard InChI is InChI=1S/C17H22N4O2/c1-12-4-2-3-5-15(12)23-9-7-16(22)20-14-11-19-21-17(14)13-6-8-18-10-13/h2-5,11,13,18H,6-10H2,1H3,(H,19,21)(H,20,22). The van der Waals surface area contributed by atoms with Crippen LogP contribution in [0.5, 0.6) is 5.75 Å². The number of carbonyl (C=O) groups is 1. The number of para-hydroxylation sites is 1. The molecule has 0 bridgehead atoms. The van der Waals surface area contributed by atoms with Crippen molar-refractivity contribution in [2.75, 3.05) is 25.0 Å². The summed E-state index contributed by atoms with van der Waals surface area (Å²) in [6.07, 6.45) is 3.04. The molecule has 2 heterocycles. The third kappa shape index (κ3) is 3.90. The van der Waals surface area contributed by atoms with Crippen molar-refractivity contribution in [1.29, 1.82) is 0 Å². The summed E-state index contributed by atoms with van der Waals surface area (Å²) >= 11 is 0. The second-order valence-corrected chi connectivity index (χ2v) is 5.80. The van der Waals surface area contributed by atoms with Crippen LogP contribution >= 0.6 is 0 Å². The van der Waals surface area contributed by atoms with Gasteiger partial charge in [-0.15, -0.1) is 0 Å². The lowest BCUT2D eigenvalue weighted by molar-refractivity contribution is -0.116. The molecule has 1 atom stereocenters. The predicted octanol–water partition coefficient (Wildman–Crippen LogP) is 2.20. The van der Waals surface area contributed by atoms with Gasteiger partial charge in [0.05, 0.1) is 30.6 Å². The molecule has 1 aliphatic heterocycles. The monoisotopic (exact) mass is 314 g/mol. The molecule has 2 aromatic rings. The van der Waals surface area contributed by atoms with Crippen molar-refractivity contribution in [1.82, 2.24) is 15.5 Å². The van der Waals surface area contributed by atoms with Crippen molar-refractivity contribution in [3.05, 3.63) is 41.7 Å². The number of nitrogens with one attached hydrogen (secondary N) is 3. The third-order valence-corrected chi connectivity index (χ3v) is 4.09. The maximum absolute atomic E-state index is 12.1. The van der Waals surface area contributed by atoms with Gasteiger partial charge in [0.1, 0.15) is 5.75 Å². The average molecular weight is 314 g/mol. The Morgan fingerprint density at radius 3 is 3.09 bits per heavy atom. The van der Waals surface area contributed by atoms with E-state index in [0.717, 1.165) is 42.2 Å². The van der Waals surface area contributed by atoms with E-state index in [1.54, 1.807) is 6.20 Å². The second-order valence-electron chi connectivity index (χ2n) is 5.80. The summed E-state index contributed by atoms with van der Waals surface area (Å²) in [5.74, 6) is 1.14. The van der Waals surface area contributed by atoms with Crippen LogP contribution in [-0.4, -0.2) is 35.8 Å². The highest BCUT2D eigenvalue weighted by Gasteiger charge is 2.22. The largest absolute Gasteiger partial charge is 0.493 e. The molecule has 1 aromatic heterocycles. The number of carbonyl (C=O) groups excluding carboxylic acids is 1. The van der Waals surface area contributed by atoms with Crippen LogP contribution in [0.15, 0.2) is 30.5 Å². The number of amides is 1. The molecule has 1 aromatic carbocycles. The van der Waals surface area contributed by atoms with Crippen molar-refractivity contribution >= 4 is 11.6 Å². The Morgan fingerprint density at radius 1 is 1.43 bits per heavy atom. The number of H-pyrrole nitrogens is 1. The molecule has 23 heavy (non-hydrogen) atoms. The fraction of sp³-hybridized carbons (Fsp3) is 0.412. The topological polar surface area (TPSA) is 79.0 Å². The number of rotatable bonds is 6. The van der Waals surface area contributed by atoms with Crippen LogP contribution in [0, 0.1) is 6.92 Å². The van der Waals surface area contributed by atoms with Crippen LogP contribution in [0.2, 0.25) is 0 Å². The molecule has 1 fully saturated rings. The first-order valence-corrected chi connectivity index (χ1v) is 7.96. The van der Waals surface area contributed by atoms with Crippen LogP contribution in [0.25, 0.3) is 0 Å². The minimum atomic E-state index is -0.0628. The lowest BCUT2D eigenvalue weighted by atomic mass is 10.0. The molecule has 0 radical (unpaired) electrons. The van der Waals surface area contributed by atoms with E-state index < -0.39 is 0 Å². The molecule has 3 N–H and O–H groups in total. The van der Waals surface area contributed by atoms with Crippen molar-refractivity contribution in [3.63, 3.8) is 0 Å². The van der Waals surface area contributed by atoms with Crippen LogP contribution in [-0.2, 0) is 4.79 Å². The van der Waals surface area contributed by atoms with Crippen molar-refractivity contribution in [2.24, 2.45) is 0 Å². The van der Waals surface area contributed by atoms with Crippen LogP contribution < -0.4 is 15.4 Å². The molecule has 0 spiro atoms. The first-order valence-electron chi connectivity index (χ1n) is 7.96. The minimum absolute atomic E-state index is 0.0628. The second kappa shape index (κ2) is 7.28. The van der Waals surface area contributed by atoms with Gasteiger partial charge in [-0.25, -0.2) is 0 Å². The quantitative estimate of drug-likeness (QED) is 0.764. The maximum Gasteiger partial charge on any atom is 0.227 e. The Hall–Kier alpha value is -2.34. The number of nitrogens with zero attached hydrogens (tertiary/aromatic N) is 1. The zero-order valence-electron chi connectivity index (χ0n) is 13.3. The number of hydrogen-bond acceptors (Lipinski definition) is 4. The average Bonchev–Trinajstić information content (AvgIpc) is 3.20. The third-order valence-electron chi connectivity index (χ3n) is 4.09. The molecule has 122 valence electrons. The van der Waals surface area contributed by atoms with Crippen molar-refractivity contribution < 1.29 is 9.53 Å². The molecule has 6 nitrogen and oxygen atoms in total. The summed E-state index contributed by atoms with van der Waals surface area (Å²) in [7, 11) is 0. The van der Waals surface area contributed by atoms with E-state index in [-0.39, 0.29) is 5.91 Å². The number of aromatic amines is 1. The predicted molar refractivity (Wildman–Crippen MR) is 88.7 cm³/mol. The van der Waals surface area contributed by atoms with E-state index >= 15 is 0 Å². The number of aromatic nitrogens is 2. The smallest absolute Gasteiger partial charge is 0.227 e. The minimum Gasteiger partial charge on any atom is -0.493 e. The molecule has 1 aliphatic rings.